The minimum atomic E-state index is -4.41. The third-order valence-electron chi connectivity index (χ3n) is 6.06. The first kappa shape index (κ1) is 21.7. The van der Waals surface area contributed by atoms with Crippen LogP contribution in [0.2, 0.25) is 0 Å². The van der Waals surface area contributed by atoms with Crippen LogP contribution in [0.3, 0.4) is 0 Å². The maximum atomic E-state index is 12.7. The van der Waals surface area contributed by atoms with E-state index in [1.807, 2.05) is 0 Å². The van der Waals surface area contributed by atoms with E-state index in [1.54, 1.807) is 4.90 Å². The smallest absolute Gasteiger partial charge is 0.353 e. The van der Waals surface area contributed by atoms with E-state index >= 15 is 0 Å². The lowest BCUT2D eigenvalue weighted by molar-refractivity contribution is -0.137. The largest absolute Gasteiger partial charge is 0.416 e. The number of carbonyl (C=O) groups excluding carboxylic acids is 2. The summed E-state index contributed by atoms with van der Waals surface area (Å²) >= 11 is 0. The predicted octanol–water partition coefficient (Wildman–Crippen LogP) is 4.79. The van der Waals surface area contributed by atoms with E-state index in [1.165, 1.54) is 31.4 Å². The Bertz CT molecular complexity index is 687. The fraction of sp³-hybridized carbons (Fsp3) is 0.636. The molecule has 2 fully saturated rings. The van der Waals surface area contributed by atoms with E-state index in [0.29, 0.717) is 25.9 Å². The van der Waals surface area contributed by atoms with Gasteiger partial charge in [-0.25, -0.2) is 0 Å². The van der Waals surface area contributed by atoms with Crippen molar-refractivity contribution >= 4 is 11.8 Å². The van der Waals surface area contributed by atoms with Crippen LogP contribution < -0.4 is 5.32 Å². The zero-order valence-corrected chi connectivity index (χ0v) is 16.6. The highest BCUT2D eigenvalue weighted by molar-refractivity contribution is 5.94. The molecule has 2 amide bonds. The van der Waals surface area contributed by atoms with Gasteiger partial charge in [0.25, 0.3) is 5.91 Å². The van der Waals surface area contributed by atoms with Gasteiger partial charge in [0.05, 0.1) is 5.56 Å². The summed E-state index contributed by atoms with van der Waals surface area (Å²) < 4.78 is 38.0. The molecular weight excluding hydrogens is 381 g/mol. The number of benzene rings is 1. The van der Waals surface area contributed by atoms with Crippen LogP contribution in [0, 0.1) is 5.92 Å². The zero-order chi connectivity index (χ0) is 20.9. The van der Waals surface area contributed by atoms with Crippen LogP contribution in [-0.4, -0.2) is 35.8 Å². The Hall–Kier alpha value is -2.05. The van der Waals surface area contributed by atoms with Crippen molar-refractivity contribution in [3.63, 3.8) is 0 Å². The fourth-order valence-corrected chi connectivity index (χ4v) is 4.25. The number of hydrogen-bond donors (Lipinski definition) is 1. The van der Waals surface area contributed by atoms with Crippen molar-refractivity contribution in [3.8, 4) is 0 Å². The third kappa shape index (κ3) is 5.97. The van der Waals surface area contributed by atoms with Crippen LogP contribution in [0.15, 0.2) is 24.3 Å². The molecule has 1 aromatic rings. The second-order valence-corrected chi connectivity index (χ2v) is 8.19. The maximum absolute atomic E-state index is 12.7. The molecule has 0 spiro atoms. The number of likely N-dealkylation sites (tertiary alicyclic amines) is 1. The van der Waals surface area contributed by atoms with Crippen LogP contribution in [0.1, 0.15) is 73.7 Å². The first-order valence-electron chi connectivity index (χ1n) is 10.6. The van der Waals surface area contributed by atoms with Crippen molar-refractivity contribution in [2.45, 2.75) is 70.0 Å². The van der Waals surface area contributed by atoms with Gasteiger partial charge in [-0.3, -0.25) is 9.59 Å². The van der Waals surface area contributed by atoms with Crippen LogP contribution in [-0.2, 0) is 11.0 Å². The maximum Gasteiger partial charge on any atom is 0.416 e. The highest BCUT2D eigenvalue weighted by atomic mass is 19.4. The van der Waals surface area contributed by atoms with Crippen molar-refractivity contribution in [3.05, 3.63) is 35.4 Å². The monoisotopic (exact) mass is 410 g/mol. The van der Waals surface area contributed by atoms with Crippen LogP contribution >= 0.6 is 0 Å². The quantitative estimate of drug-likeness (QED) is 0.779. The molecule has 1 aromatic carbocycles. The topological polar surface area (TPSA) is 49.4 Å². The van der Waals surface area contributed by atoms with E-state index in [0.717, 1.165) is 37.8 Å². The summed E-state index contributed by atoms with van der Waals surface area (Å²) in [6.45, 7) is 0.894. The normalized spacial score (nSPS) is 20.0. The SMILES string of the molecule is O=C(NC1CCCCCCC1)C1CCN(C(=O)c2ccc(C(F)(F)F)cc2)CC1. The average molecular weight is 410 g/mol. The van der Waals surface area contributed by atoms with Crippen molar-refractivity contribution in [2.24, 2.45) is 5.92 Å². The van der Waals surface area contributed by atoms with E-state index in [-0.39, 0.29) is 29.3 Å². The van der Waals surface area contributed by atoms with Crippen molar-refractivity contribution in [2.75, 3.05) is 13.1 Å². The third-order valence-corrected chi connectivity index (χ3v) is 6.06. The number of hydrogen-bond acceptors (Lipinski definition) is 2. The Morgan fingerprint density at radius 3 is 1.97 bits per heavy atom. The summed E-state index contributed by atoms with van der Waals surface area (Å²) in [5.41, 5.74) is -0.519. The molecule has 0 aromatic heterocycles. The second-order valence-electron chi connectivity index (χ2n) is 8.19. The Labute approximate surface area is 169 Å². The molecule has 0 radical (unpaired) electrons. The van der Waals surface area contributed by atoms with Gasteiger partial charge in [-0.2, -0.15) is 13.2 Å². The highest BCUT2D eigenvalue weighted by Crippen LogP contribution is 2.29. The summed E-state index contributed by atoms with van der Waals surface area (Å²) in [4.78, 5) is 26.8. The number of carbonyl (C=O) groups is 2. The van der Waals surface area contributed by atoms with E-state index in [2.05, 4.69) is 5.32 Å². The summed E-state index contributed by atoms with van der Waals surface area (Å²) in [5.74, 6) is -0.299. The van der Waals surface area contributed by atoms with Crippen LogP contribution in [0.4, 0.5) is 13.2 Å². The van der Waals surface area contributed by atoms with Crippen LogP contribution in [0.5, 0.6) is 0 Å². The molecule has 2 aliphatic rings. The van der Waals surface area contributed by atoms with Gasteiger partial charge in [0.15, 0.2) is 0 Å². The first-order chi connectivity index (χ1) is 13.8. The molecule has 3 rings (SSSR count). The van der Waals surface area contributed by atoms with Gasteiger partial charge in [0, 0.05) is 30.6 Å². The van der Waals surface area contributed by atoms with Crippen LogP contribution in [0.25, 0.3) is 0 Å². The molecule has 1 aliphatic heterocycles. The predicted molar refractivity (Wildman–Crippen MR) is 104 cm³/mol. The first-order valence-corrected chi connectivity index (χ1v) is 10.6. The molecule has 0 unspecified atom stereocenters. The molecule has 0 bridgehead atoms. The van der Waals surface area contributed by atoms with Crippen molar-refractivity contribution in [1.82, 2.24) is 10.2 Å². The second kappa shape index (κ2) is 9.63. The van der Waals surface area contributed by atoms with Gasteiger partial charge in [-0.05, 0) is 49.9 Å². The van der Waals surface area contributed by atoms with Gasteiger partial charge < -0.3 is 10.2 Å². The Balaban J connectivity index is 1.49. The lowest BCUT2D eigenvalue weighted by atomic mass is 9.93. The van der Waals surface area contributed by atoms with E-state index in [9.17, 15) is 22.8 Å². The number of piperidine rings is 1. The Kier molecular flexibility index (Phi) is 7.19. The minimum Gasteiger partial charge on any atom is -0.353 e. The lowest BCUT2D eigenvalue weighted by Gasteiger charge is -2.32. The Morgan fingerprint density at radius 2 is 1.41 bits per heavy atom. The molecule has 1 heterocycles. The number of nitrogens with zero attached hydrogens (tertiary/aromatic N) is 1. The minimum absolute atomic E-state index is 0.0807. The molecule has 29 heavy (non-hydrogen) atoms. The summed E-state index contributed by atoms with van der Waals surface area (Å²) in [5, 5.41) is 3.20. The molecule has 1 saturated heterocycles. The highest BCUT2D eigenvalue weighted by Gasteiger charge is 2.32. The lowest BCUT2D eigenvalue weighted by Crippen LogP contribution is -2.45. The van der Waals surface area contributed by atoms with Gasteiger partial charge in [0.2, 0.25) is 5.91 Å². The zero-order valence-electron chi connectivity index (χ0n) is 16.6. The standard InChI is InChI=1S/C22H29F3N2O2/c23-22(24,25)18-10-8-17(9-11-18)21(29)27-14-12-16(13-15-27)20(28)26-19-6-4-2-1-3-5-7-19/h8-11,16,19H,1-7,12-15H2,(H,26,28). The molecular formula is C22H29F3N2O2. The number of rotatable bonds is 3. The molecule has 0 atom stereocenters. The van der Waals surface area contributed by atoms with Gasteiger partial charge in [-0.1, -0.05) is 32.1 Å². The fourth-order valence-electron chi connectivity index (χ4n) is 4.25. The molecule has 160 valence electrons. The molecule has 1 saturated carbocycles. The van der Waals surface area contributed by atoms with Crippen molar-refractivity contribution < 1.29 is 22.8 Å². The number of amides is 2. The summed E-state index contributed by atoms with van der Waals surface area (Å²) in [7, 11) is 0. The average Bonchev–Trinajstić information content (AvgIpc) is 2.69. The number of alkyl halides is 3. The van der Waals surface area contributed by atoms with E-state index < -0.39 is 11.7 Å². The number of nitrogens with one attached hydrogen (secondary N) is 1. The molecule has 1 aliphatic carbocycles. The molecule has 1 N–H and O–H groups in total. The molecule has 7 heteroatoms. The van der Waals surface area contributed by atoms with Crippen molar-refractivity contribution in [1.29, 1.82) is 0 Å². The van der Waals surface area contributed by atoms with Gasteiger partial charge >= 0.3 is 6.18 Å². The summed E-state index contributed by atoms with van der Waals surface area (Å²) in [6, 6.07) is 4.57. The Morgan fingerprint density at radius 1 is 0.862 bits per heavy atom. The van der Waals surface area contributed by atoms with Gasteiger partial charge in [-0.15, -0.1) is 0 Å². The van der Waals surface area contributed by atoms with Gasteiger partial charge in [0.1, 0.15) is 0 Å². The molecule has 4 nitrogen and oxygen atoms in total. The summed E-state index contributed by atoms with van der Waals surface area (Å²) in [6.07, 6.45) is 4.91. The number of halogens is 3. The van der Waals surface area contributed by atoms with E-state index in [4.69, 9.17) is 0 Å².